The summed E-state index contributed by atoms with van der Waals surface area (Å²) in [4.78, 5) is 20.7. The van der Waals surface area contributed by atoms with Gasteiger partial charge in [0, 0.05) is 19.6 Å². The zero-order valence-corrected chi connectivity index (χ0v) is 15.9. The molecule has 2 rings (SSSR count). The van der Waals surface area contributed by atoms with Crippen LogP contribution in [0.5, 0.6) is 0 Å². The average Bonchev–Trinajstić information content (AvgIpc) is 2.66. The van der Waals surface area contributed by atoms with Gasteiger partial charge < -0.3 is 9.47 Å². The molecule has 0 spiro atoms. The Morgan fingerprint density at radius 2 is 1.81 bits per heavy atom. The zero-order chi connectivity index (χ0) is 17.7. The molecule has 1 saturated carbocycles. The molecular weight excluding hydrogens is 332 g/mol. The van der Waals surface area contributed by atoms with Crippen molar-refractivity contribution in [1.82, 2.24) is 9.96 Å². The van der Waals surface area contributed by atoms with Crippen molar-refractivity contribution in [3.8, 4) is 0 Å². The summed E-state index contributed by atoms with van der Waals surface area (Å²) in [7, 11) is 0. The Labute approximate surface area is 160 Å². The number of amides is 1. The molecule has 0 N–H and O–H groups in total. The summed E-state index contributed by atoms with van der Waals surface area (Å²) in [5, 5.41) is 1.54. The molecule has 2 fully saturated rings. The van der Waals surface area contributed by atoms with Gasteiger partial charge in [-0.15, -0.1) is 0 Å². The van der Waals surface area contributed by atoms with Crippen LogP contribution in [0.25, 0.3) is 0 Å². The first-order valence-electron chi connectivity index (χ1n) is 10.2. The monoisotopic (exact) mass is 372 g/mol. The number of nitrogens with zero attached hydrogens (tertiary/aromatic N) is 2. The largest absolute Gasteiger partial charge is 0.448 e. The topological polar surface area (TPSA) is 51.2 Å². The minimum atomic E-state index is -0.301. The third kappa shape index (κ3) is 8.69. The second-order valence-corrected chi connectivity index (χ2v) is 7.08. The van der Waals surface area contributed by atoms with E-state index in [0.29, 0.717) is 13.2 Å². The number of ether oxygens (including phenoxy) is 2. The minimum absolute atomic E-state index is 0. The highest BCUT2D eigenvalue weighted by Gasteiger charge is 2.28. The van der Waals surface area contributed by atoms with Crippen molar-refractivity contribution in [1.29, 1.82) is 0 Å². The van der Waals surface area contributed by atoms with Crippen molar-refractivity contribution >= 4 is 6.09 Å². The SMILES string of the molecule is C.CCCCCCOC(=O)N(OCCN1CCOCC1)C1CCCCC1. The Hall–Kier alpha value is -0.850. The van der Waals surface area contributed by atoms with E-state index in [9.17, 15) is 4.79 Å². The fourth-order valence-corrected chi connectivity index (χ4v) is 3.47. The molecule has 1 aliphatic carbocycles. The van der Waals surface area contributed by atoms with Crippen molar-refractivity contribution in [3.63, 3.8) is 0 Å². The van der Waals surface area contributed by atoms with Crippen LogP contribution in [0, 0.1) is 0 Å². The highest BCUT2D eigenvalue weighted by atomic mass is 16.7. The zero-order valence-electron chi connectivity index (χ0n) is 15.9. The Morgan fingerprint density at radius 1 is 1.08 bits per heavy atom. The highest BCUT2D eigenvalue weighted by molar-refractivity contribution is 5.66. The smallest absolute Gasteiger partial charge is 0.434 e. The molecule has 2 aliphatic rings. The van der Waals surface area contributed by atoms with Crippen molar-refractivity contribution in [2.75, 3.05) is 46.1 Å². The number of hydroxylamine groups is 2. The summed E-state index contributed by atoms with van der Waals surface area (Å²) in [5.74, 6) is 0. The molecule has 0 atom stereocenters. The van der Waals surface area contributed by atoms with Crippen molar-refractivity contribution < 1.29 is 19.1 Å². The maximum atomic E-state index is 12.5. The number of rotatable bonds is 10. The van der Waals surface area contributed by atoms with Crippen LogP contribution in [0.2, 0.25) is 0 Å². The molecule has 6 nitrogen and oxygen atoms in total. The van der Waals surface area contributed by atoms with Crippen LogP contribution in [0.3, 0.4) is 0 Å². The number of hydrogen-bond donors (Lipinski definition) is 0. The Bertz CT molecular complexity index is 356. The summed E-state index contributed by atoms with van der Waals surface area (Å²) in [6.07, 6.45) is 9.75. The lowest BCUT2D eigenvalue weighted by Crippen LogP contribution is -2.44. The molecule has 0 unspecified atom stereocenters. The van der Waals surface area contributed by atoms with E-state index in [1.165, 1.54) is 19.3 Å². The summed E-state index contributed by atoms with van der Waals surface area (Å²) in [5.41, 5.74) is 0. The van der Waals surface area contributed by atoms with Gasteiger partial charge in [-0.3, -0.25) is 9.74 Å². The highest BCUT2D eigenvalue weighted by Crippen LogP contribution is 2.23. The molecule has 0 aromatic heterocycles. The van der Waals surface area contributed by atoms with Crippen molar-refractivity contribution in [2.45, 2.75) is 78.2 Å². The van der Waals surface area contributed by atoms with Gasteiger partial charge in [0.15, 0.2) is 0 Å². The van der Waals surface area contributed by atoms with Gasteiger partial charge in [0.05, 0.1) is 32.5 Å². The maximum Gasteiger partial charge on any atom is 0.434 e. The normalized spacial score (nSPS) is 19.0. The molecule has 1 aliphatic heterocycles. The van der Waals surface area contributed by atoms with Crippen LogP contribution in [0.1, 0.15) is 72.1 Å². The summed E-state index contributed by atoms with van der Waals surface area (Å²) in [6.45, 7) is 7.48. The lowest BCUT2D eigenvalue weighted by Gasteiger charge is -2.33. The molecule has 154 valence electrons. The van der Waals surface area contributed by atoms with Gasteiger partial charge in [0.25, 0.3) is 0 Å². The van der Waals surface area contributed by atoms with E-state index in [1.54, 1.807) is 5.06 Å². The molecule has 1 saturated heterocycles. The lowest BCUT2D eigenvalue weighted by atomic mass is 9.95. The standard InChI is InChI=1S/C19H36N2O4.CH4/c1-2-3-4-8-14-24-19(22)21(18-9-6-5-7-10-18)25-17-13-20-11-15-23-16-12-20;/h18H,2-17H2,1H3;1H4. The third-order valence-electron chi connectivity index (χ3n) is 5.05. The van der Waals surface area contributed by atoms with Crippen LogP contribution in [-0.2, 0) is 14.3 Å². The van der Waals surface area contributed by atoms with E-state index in [1.807, 2.05) is 0 Å². The molecule has 0 aromatic carbocycles. The lowest BCUT2D eigenvalue weighted by molar-refractivity contribution is -0.171. The second-order valence-electron chi connectivity index (χ2n) is 7.08. The summed E-state index contributed by atoms with van der Waals surface area (Å²) >= 11 is 0. The molecule has 0 aromatic rings. The Kier molecular flexibility index (Phi) is 12.7. The maximum absolute atomic E-state index is 12.5. The Balaban J connectivity index is 0.00000338. The van der Waals surface area contributed by atoms with Gasteiger partial charge in [-0.2, -0.15) is 5.06 Å². The van der Waals surface area contributed by atoms with E-state index in [0.717, 1.165) is 71.4 Å². The van der Waals surface area contributed by atoms with Crippen LogP contribution in [-0.4, -0.2) is 68.2 Å². The number of unbranched alkanes of at least 4 members (excludes halogenated alkanes) is 3. The van der Waals surface area contributed by atoms with E-state index < -0.39 is 0 Å². The Morgan fingerprint density at radius 3 is 2.50 bits per heavy atom. The average molecular weight is 373 g/mol. The van der Waals surface area contributed by atoms with Gasteiger partial charge in [-0.25, -0.2) is 4.79 Å². The molecule has 6 heteroatoms. The van der Waals surface area contributed by atoms with E-state index in [2.05, 4.69) is 11.8 Å². The van der Waals surface area contributed by atoms with Crippen LogP contribution in [0.4, 0.5) is 4.79 Å². The van der Waals surface area contributed by atoms with E-state index >= 15 is 0 Å². The molecule has 0 radical (unpaired) electrons. The van der Waals surface area contributed by atoms with Crippen LogP contribution >= 0.6 is 0 Å². The van der Waals surface area contributed by atoms with Gasteiger partial charge in [-0.05, 0) is 19.3 Å². The summed E-state index contributed by atoms with van der Waals surface area (Å²) in [6, 6.07) is 0.168. The van der Waals surface area contributed by atoms with Gasteiger partial charge >= 0.3 is 6.09 Å². The van der Waals surface area contributed by atoms with Gasteiger partial charge in [0.1, 0.15) is 0 Å². The van der Waals surface area contributed by atoms with Crippen molar-refractivity contribution in [3.05, 3.63) is 0 Å². The van der Waals surface area contributed by atoms with Crippen molar-refractivity contribution in [2.24, 2.45) is 0 Å². The summed E-state index contributed by atoms with van der Waals surface area (Å²) < 4.78 is 10.8. The number of carbonyl (C=O) groups excluding carboxylic acids is 1. The fourth-order valence-electron chi connectivity index (χ4n) is 3.47. The molecule has 1 heterocycles. The van der Waals surface area contributed by atoms with Gasteiger partial charge in [0.2, 0.25) is 0 Å². The first-order chi connectivity index (χ1) is 12.3. The molecule has 26 heavy (non-hydrogen) atoms. The quantitative estimate of drug-likeness (QED) is 0.424. The predicted octanol–water partition coefficient (Wildman–Crippen LogP) is 4.24. The fraction of sp³-hybridized carbons (Fsp3) is 0.950. The van der Waals surface area contributed by atoms with E-state index in [-0.39, 0.29) is 19.6 Å². The molecular formula is C20H40N2O4. The first kappa shape index (κ1) is 23.2. The number of morpholine rings is 1. The predicted molar refractivity (Wildman–Crippen MR) is 104 cm³/mol. The first-order valence-corrected chi connectivity index (χ1v) is 10.2. The minimum Gasteiger partial charge on any atom is -0.448 e. The van der Waals surface area contributed by atoms with Gasteiger partial charge in [-0.1, -0.05) is 52.9 Å². The molecule has 0 bridgehead atoms. The number of carbonyl (C=O) groups is 1. The van der Waals surface area contributed by atoms with E-state index in [4.69, 9.17) is 14.3 Å². The number of hydrogen-bond acceptors (Lipinski definition) is 5. The van der Waals surface area contributed by atoms with Crippen LogP contribution in [0.15, 0.2) is 0 Å². The molecule has 1 amide bonds. The van der Waals surface area contributed by atoms with Crippen LogP contribution < -0.4 is 0 Å². The third-order valence-corrected chi connectivity index (χ3v) is 5.05. The second kappa shape index (κ2) is 14.2.